The molecule has 0 bridgehead atoms. The zero-order valence-corrected chi connectivity index (χ0v) is 13.6. The van der Waals surface area contributed by atoms with Gasteiger partial charge in [0.2, 0.25) is 0 Å². The van der Waals surface area contributed by atoms with Crippen molar-refractivity contribution in [2.24, 2.45) is 5.92 Å². The third-order valence-corrected chi connectivity index (χ3v) is 4.61. The summed E-state index contributed by atoms with van der Waals surface area (Å²) >= 11 is 9.67. The van der Waals surface area contributed by atoms with Crippen LogP contribution >= 0.6 is 27.5 Å². The van der Waals surface area contributed by atoms with Crippen LogP contribution in [0, 0.1) is 5.92 Å². The zero-order valence-electron chi connectivity index (χ0n) is 11.2. The second kappa shape index (κ2) is 5.81. The fourth-order valence-electron chi connectivity index (χ4n) is 2.68. The highest BCUT2D eigenvalue weighted by Crippen LogP contribution is 2.30. The van der Waals surface area contributed by atoms with E-state index in [4.69, 9.17) is 16.7 Å². The first kappa shape index (κ1) is 14.6. The van der Waals surface area contributed by atoms with Gasteiger partial charge in [0.25, 0.3) is 0 Å². The number of nitrogens with zero attached hydrogens (tertiary/aromatic N) is 2. The highest BCUT2D eigenvalue weighted by atomic mass is 79.9. The first-order valence-electron chi connectivity index (χ1n) is 6.78. The van der Waals surface area contributed by atoms with Crippen molar-refractivity contribution in [2.75, 3.05) is 18.0 Å². The van der Waals surface area contributed by atoms with Gasteiger partial charge >= 0.3 is 5.97 Å². The molecule has 0 aliphatic carbocycles. The number of hydrogen-bond donors (Lipinski definition) is 1. The van der Waals surface area contributed by atoms with Gasteiger partial charge in [-0.1, -0.05) is 27.5 Å². The van der Waals surface area contributed by atoms with E-state index in [1.165, 1.54) is 0 Å². The van der Waals surface area contributed by atoms with Crippen LogP contribution in [-0.2, 0) is 4.79 Å². The Balaban J connectivity index is 1.87. The van der Waals surface area contributed by atoms with E-state index in [9.17, 15) is 4.79 Å². The Bertz CT molecular complexity index is 699. The number of fused-ring (bicyclic) bond motifs is 1. The van der Waals surface area contributed by atoms with Gasteiger partial charge < -0.3 is 10.0 Å². The molecule has 2 aromatic rings. The maximum atomic E-state index is 11.0. The lowest BCUT2D eigenvalue weighted by Gasteiger charge is -2.31. The fourth-order valence-corrected chi connectivity index (χ4v) is 3.55. The lowest BCUT2D eigenvalue weighted by Crippen LogP contribution is -2.36. The zero-order chi connectivity index (χ0) is 15.0. The minimum absolute atomic E-state index is 0.235. The lowest BCUT2D eigenvalue weighted by molar-refractivity contribution is -0.142. The number of anilines is 1. The number of carboxylic acids is 1. The molecule has 21 heavy (non-hydrogen) atoms. The van der Waals surface area contributed by atoms with Gasteiger partial charge in [0, 0.05) is 22.9 Å². The normalized spacial score (nSPS) is 16.4. The number of carboxylic acid groups (broad SMARTS) is 1. The molecular formula is C15H14BrClN2O2. The molecule has 3 rings (SSSR count). The number of rotatable bonds is 2. The Kier molecular flexibility index (Phi) is 4.04. The number of hydrogen-bond acceptors (Lipinski definition) is 3. The number of aromatic nitrogens is 1. The Morgan fingerprint density at radius 2 is 2.05 bits per heavy atom. The first-order chi connectivity index (χ1) is 10.0. The Morgan fingerprint density at radius 3 is 2.71 bits per heavy atom. The summed E-state index contributed by atoms with van der Waals surface area (Å²) in [4.78, 5) is 17.8. The predicted octanol–water partition coefficient (Wildman–Crippen LogP) is 3.95. The quantitative estimate of drug-likeness (QED) is 0.871. The van der Waals surface area contributed by atoms with Crippen molar-refractivity contribution in [3.8, 4) is 0 Å². The van der Waals surface area contributed by atoms with Crippen LogP contribution in [0.2, 0.25) is 5.02 Å². The van der Waals surface area contributed by atoms with E-state index in [2.05, 4.69) is 25.8 Å². The van der Waals surface area contributed by atoms with Gasteiger partial charge in [-0.2, -0.15) is 0 Å². The number of carbonyl (C=O) groups is 1. The van der Waals surface area contributed by atoms with Gasteiger partial charge in [-0.15, -0.1) is 0 Å². The molecule has 0 spiro atoms. The summed E-state index contributed by atoms with van der Waals surface area (Å²) in [6, 6.07) is 7.77. The summed E-state index contributed by atoms with van der Waals surface area (Å²) in [6.07, 6.45) is 1.31. The molecule has 1 aliphatic rings. The van der Waals surface area contributed by atoms with Crippen molar-refractivity contribution in [3.63, 3.8) is 0 Å². The van der Waals surface area contributed by atoms with E-state index < -0.39 is 5.97 Å². The van der Waals surface area contributed by atoms with Crippen LogP contribution < -0.4 is 4.90 Å². The number of aliphatic carboxylic acids is 1. The van der Waals surface area contributed by atoms with E-state index in [1.807, 2.05) is 24.3 Å². The molecule has 1 saturated heterocycles. The van der Waals surface area contributed by atoms with Gasteiger partial charge in [0.15, 0.2) is 0 Å². The second-order valence-corrected chi connectivity index (χ2v) is 6.55. The molecule has 6 heteroatoms. The molecule has 0 saturated carbocycles. The summed E-state index contributed by atoms with van der Waals surface area (Å²) in [5.74, 6) is -0.0779. The molecule has 2 heterocycles. The van der Waals surface area contributed by atoms with Crippen LogP contribution in [0.4, 0.5) is 5.82 Å². The summed E-state index contributed by atoms with van der Waals surface area (Å²) in [5.41, 5.74) is 0.776. The minimum atomic E-state index is -0.700. The lowest BCUT2D eigenvalue weighted by atomic mass is 9.97. The van der Waals surface area contributed by atoms with Crippen LogP contribution in [-0.4, -0.2) is 29.1 Å². The van der Waals surface area contributed by atoms with E-state index in [0.717, 1.165) is 21.2 Å². The van der Waals surface area contributed by atoms with Crippen LogP contribution in [0.15, 0.2) is 28.7 Å². The number of halogens is 2. The number of pyridine rings is 1. The predicted molar refractivity (Wildman–Crippen MR) is 87.0 cm³/mol. The average molecular weight is 370 g/mol. The monoisotopic (exact) mass is 368 g/mol. The van der Waals surface area contributed by atoms with Gasteiger partial charge in [0.1, 0.15) is 5.82 Å². The Hall–Kier alpha value is -1.33. The van der Waals surface area contributed by atoms with Crippen molar-refractivity contribution in [2.45, 2.75) is 12.8 Å². The maximum absolute atomic E-state index is 11.0. The summed E-state index contributed by atoms with van der Waals surface area (Å²) in [5, 5.41) is 10.6. The SMILES string of the molecule is O=C(O)C1CCN(c2ccc3cc(Br)cc(Cl)c3n2)CC1. The van der Waals surface area contributed by atoms with Crippen LogP contribution in [0.1, 0.15) is 12.8 Å². The summed E-state index contributed by atoms with van der Waals surface area (Å²) < 4.78 is 0.928. The summed E-state index contributed by atoms with van der Waals surface area (Å²) in [6.45, 7) is 1.42. The molecule has 0 unspecified atom stereocenters. The molecule has 110 valence electrons. The molecule has 1 aromatic heterocycles. The Labute approximate surface area is 135 Å². The van der Waals surface area contributed by atoms with Crippen LogP contribution in [0.3, 0.4) is 0 Å². The molecule has 1 aromatic carbocycles. The first-order valence-corrected chi connectivity index (χ1v) is 7.95. The molecule has 0 atom stereocenters. The number of piperidine rings is 1. The van der Waals surface area contributed by atoms with Gasteiger partial charge in [-0.3, -0.25) is 4.79 Å². The van der Waals surface area contributed by atoms with E-state index in [0.29, 0.717) is 31.0 Å². The van der Waals surface area contributed by atoms with Crippen molar-refractivity contribution in [1.29, 1.82) is 0 Å². The summed E-state index contributed by atoms with van der Waals surface area (Å²) in [7, 11) is 0. The molecular weight excluding hydrogens is 356 g/mol. The fraction of sp³-hybridized carbons (Fsp3) is 0.333. The van der Waals surface area contributed by atoms with Gasteiger partial charge in [-0.25, -0.2) is 4.98 Å². The van der Waals surface area contributed by atoms with E-state index in [-0.39, 0.29) is 5.92 Å². The maximum Gasteiger partial charge on any atom is 0.306 e. The van der Waals surface area contributed by atoms with Crippen molar-refractivity contribution < 1.29 is 9.90 Å². The molecule has 0 radical (unpaired) electrons. The van der Waals surface area contributed by atoms with Crippen LogP contribution in [0.5, 0.6) is 0 Å². The van der Waals surface area contributed by atoms with E-state index in [1.54, 1.807) is 0 Å². The van der Waals surface area contributed by atoms with E-state index >= 15 is 0 Å². The molecule has 0 amide bonds. The Morgan fingerprint density at radius 1 is 1.33 bits per heavy atom. The molecule has 1 N–H and O–H groups in total. The highest BCUT2D eigenvalue weighted by Gasteiger charge is 2.25. The van der Waals surface area contributed by atoms with Crippen LogP contribution in [0.25, 0.3) is 10.9 Å². The largest absolute Gasteiger partial charge is 0.481 e. The van der Waals surface area contributed by atoms with Crippen molar-refractivity contribution in [1.82, 2.24) is 4.98 Å². The second-order valence-electron chi connectivity index (χ2n) is 5.23. The average Bonchev–Trinajstić information content (AvgIpc) is 2.47. The van der Waals surface area contributed by atoms with Gasteiger partial charge in [0.05, 0.1) is 16.5 Å². The van der Waals surface area contributed by atoms with Crippen molar-refractivity contribution >= 4 is 50.2 Å². The standard InChI is InChI=1S/C15H14BrClN2O2/c16-11-7-10-1-2-13(18-14(10)12(17)8-11)19-5-3-9(4-6-19)15(20)21/h1-2,7-9H,3-6H2,(H,20,21). The molecule has 1 aliphatic heterocycles. The smallest absolute Gasteiger partial charge is 0.306 e. The number of benzene rings is 1. The third kappa shape index (κ3) is 2.99. The molecule has 4 nitrogen and oxygen atoms in total. The highest BCUT2D eigenvalue weighted by molar-refractivity contribution is 9.10. The minimum Gasteiger partial charge on any atom is -0.481 e. The molecule has 1 fully saturated rings. The van der Waals surface area contributed by atoms with Gasteiger partial charge in [-0.05, 0) is 37.1 Å². The third-order valence-electron chi connectivity index (χ3n) is 3.86. The van der Waals surface area contributed by atoms with Crippen molar-refractivity contribution in [3.05, 3.63) is 33.8 Å². The topological polar surface area (TPSA) is 53.4 Å².